The molecule has 23 heavy (non-hydrogen) atoms. The lowest BCUT2D eigenvalue weighted by Crippen LogP contribution is -2.40. The van der Waals surface area contributed by atoms with Gasteiger partial charge in [0.15, 0.2) is 9.84 Å². The number of carbonyl (C=O) groups excluding carboxylic acids is 2. The highest BCUT2D eigenvalue weighted by atomic mass is 32.2. The first kappa shape index (κ1) is 15.9. The molecule has 0 unspecified atom stereocenters. The minimum absolute atomic E-state index is 0.000360. The number of nitrogens with zero attached hydrogens (tertiary/aromatic N) is 1. The monoisotopic (exact) mass is 340 g/mol. The predicted molar refractivity (Wildman–Crippen MR) is 82.1 cm³/mol. The van der Waals surface area contributed by atoms with Gasteiger partial charge in [-0.05, 0) is 18.6 Å². The summed E-state index contributed by atoms with van der Waals surface area (Å²) in [6, 6.07) is 5.52. The number of benzene rings is 1. The fraction of sp³-hybridized carbons (Fsp3) is 0.467. The van der Waals surface area contributed by atoms with Gasteiger partial charge < -0.3 is 10.2 Å². The summed E-state index contributed by atoms with van der Waals surface area (Å²) in [6.45, 7) is 0.102. The Kier molecular flexibility index (Phi) is 4.09. The normalized spacial score (nSPS) is 26.5. The van der Waals surface area contributed by atoms with Crippen molar-refractivity contribution < 1.29 is 22.4 Å². The molecule has 2 saturated heterocycles. The van der Waals surface area contributed by atoms with Crippen molar-refractivity contribution in [1.29, 1.82) is 0 Å². The van der Waals surface area contributed by atoms with Crippen molar-refractivity contribution in [3.63, 3.8) is 0 Å². The fourth-order valence-corrected chi connectivity index (χ4v) is 4.69. The van der Waals surface area contributed by atoms with Crippen molar-refractivity contribution >= 4 is 27.3 Å². The topological polar surface area (TPSA) is 83.5 Å². The summed E-state index contributed by atoms with van der Waals surface area (Å²) in [4.78, 5) is 25.6. The van der Waals surface area contributed by atoms with Gasteiger partial charge in [0.1, 0.15) is 5.82 Å². The Labute approximate surface area is 133 Å². The van der Waals surface area contributed by atoms with Crippen LogP contribution in [0.2, 0.25) is 0 Å². The molecule has 2 atom stereocenters. The molecule has 0 aromatic heterocycles. The van der Waals surface area contributed by atoms with Crippen LogP contribution in [0.1, 0.15) is 12.8 Å². The average molecular weight is 340 g/mol. The first-order valence-corrected chi connectivity index (χ1v) is 9.23. The number of amides is 2. The van der Waals surface area contributed by atoms with Crippen LogP contribution in [0.25, 0.3) is 0 Å². The van der Waals surface area contributed by atoms with Gasteiger partial charge in [-0.1, -0.05) is 12.1 Å². The van der Waals surface area contributed by atoms with Gasteiger partial charge >= 0.3 is 0 Å². The molecular weight excluding hydrogens is 323 g/mol. The van der Waals surface area contributed by atoms with Gasteiger partial charge in [0, 0.05) is 19.0 Å². The third-order valence-electron chi connectivity index (χ3n) is 4.22. The Morgan fingerprint density at radius 2 is 2.04 bits per heavy atom. The first-order chi connectivity index (χ1) is 10.9. The van der Waals surface area contributed by atoms with E-state index in [1.807, 2.05) is 0 Å². The van der Waals surface area contributed by atoms with E-state index in [0.717, 1.165) is 0 Å². The highest BCUT2D eigenvalue weighted by Gasteiger charge is 2.38. The van der Waals surface area contributed by atoms with Crippen molar-refractivity contribution in [1.82, 2.24) is 5.32 Å². The quantitative estimate of drug-likeness (QED) is 0.868. The Morgan fingerprint density at radius 3 is 2.70 bits per heavy atom. The lowest BCUT2D eigenvalue weighted by atomic mass is 10.1. The zero-order valence-corrected chi connectivity index (χ0v) is 13.2. The summed E-state index contributed by atoms with van der Waals surface area (Å²) in [7, 11) is -3.08. The summed E-state index contributed by atoms with van der Waals surface area (Å²) in [5, 5.41) is 2.69. The maximum absolute atomic E-state index is 13.8. The Morgan fingerprint density at radius 1 is 1.30 bits per heavy atom. The lowest BCUT2D eigenvalue weighted by molar-refractivity contribution is -0.126. The number of anilines is 1. The molecule has 1 aromatic carbocycles. The maximum atomic E-state index is 13.8. The summed E-state index contributed by atoms with van der Waals surface area (Å²) < 4.78 is 36.6. The largest absolute Gasteiger partial charge is 0.352 e. The van der Waals surface area contributed by atoms with E-state index < -0.39 is 27.6 Å². The zero-order chi connectivity index (χ0) is 16.6. The Bertz CT molecular complexity index is 750. The molecule has 1 N–H and O–H groups in total. The predicted octanol–water partition coefficient (Wildman–Crippen LogP) is 0.482. The molecule has 0 saturated carbocycles. The van der Waals surface area contributed by atoms with Gasteiger partial charge in [-0.3, -0.25) is 9.59 Å². The SMILES string of the molecule is O=C(N[C@@H]1CCS(=O)(=O)C1)[C@H]1CC(=O)N(c2ccccc2F)C1. The number of rotatable bonds is 3. The van der Waals surface area contributed by atoms with E-state index in [1.165, 1.54) is 23.1 Å². The number of halogens is 1. The van der Waals surface area contributed by atoms with E-state index in [9.17, 15) is 22.4 Å². The van der Waals surface area contributed by atoms with Crippen LogP contribution in [0, 0.1) is 11.7 Å². The van der Waals surface area contributed by atoms with Crippen LogP contribution in [-0.2, 0) is 19.4 Å². The number of para-hydroxylation sites is 1. The van der Waals surface area contributed by atoms with Crippen LogP contribution in [0.5, 0.6) is 0 Å². The smallest absolute Gasteiger partial charge is 0.227 e. The maximum Gasteiger partial charge on any atom is 0.227 e. The van der Waals surface area contributed by atoms with Gasteiger partial charge in [-0.25, -0.2) is 12.8 Å². The Balaban J connectivity index is 1.66. The van der Waals surface area contributed by atoms with E-state index in [-0.39, 0.29) is 42.0 Å². The molecule has 6 nitrogen and oxygen atoms in total. The second-order valence-electron chi connectivity index (χ2n) is 5.97. The summed E-state index contributed by atoms with van der Waals surface area (Å²) in [5.41, 5.74) is 0.163. The minimum Gasteiger partial charge on any atom is -0.352 e. The number of nitrogens with one attached hydrogen (secondary N) is 1. The third kappa shape index (κ3) is 3.36. The van der Waals surface area contributed by atoms with Crippen molar-refractivity contribution in [2.45, 2.75) is 18.9 Å². The summed E-state index contributed by atoms with van der Waals surface area (Å²) in [6.07, 6.45) is 0.394. The van der Waals surface area contributed by atoms with Crippen molar-refractivity contribution in [3.05, 3.63) is 30.1 Å². The second-order valence-corrected chi connectivity index (χ2v) is 8.19. The number of carbonyl (C=O) groups is 2. The second kappa shape index (κ2) is 5.92. The number of sulfone groups is 1. The van der Waals surface area contributed by atoms with Crippen LogP contribution in [0.4, 0.5) is 10.1 Å². The van der Waals surface area contributed by atoms with Gasteiger partial charge in [0.2, 0.25) is 11.8 Å². The van der Waals surface area contributed by atoms with E-state index in [1.54, 1.807) is 6.07 Å². The molecule has 0 aliphatic carbocycles. The molecule has 2 aliphatic rings. The molecule has 0 radical (unpaired) electrons. The van der Waals surface area contributed by atoms with Crippen LogP contribution in [-0.4, -0.2) is 44.3 Å². The van der Waals surface area contributed by atoms with E-state index in [2.05, 4.69) is 5.32 Å². The van der Waals surface area contributed by atoms with Gasteiger partial charge in [0.05, 0.1) is 23.1 Å². The molecule has 0 spiro atoms. The summed E-state index contributed by atoms with van der Waals surface area (Å²) >= 11 is 0. The van der Waals surface area contributed by atoms with Crippen molar-refractivity contribution in [2.24, 2.45) is 5.92 Å². The molecule has 2 amide bonds. The van der Waals surface area contributed by atoms with Crippen LogP contribution in [0.15, 0.2) is 24.3 Å². The average Bonchev–Trinajstić information content (AvgIpc) is 3.02. The molecule has 2 aliphatic heterocycles. The standard InChI is InChI=1S/C15H17FN2O4S/c16-12-3-1-2-4-13(12)18-8-10(7-14(18)19)15(20)17-11-5-6-23(21,22)9-11/h1-4,10-11H,5-9H2,(H,17,20)/t10-,11+/m0/s1. The molecule has 0 bridgehead atoms. The van der Waals surface area contributed by atoms with E-state index in [0.29, 0.717) is 6.42 Å². The number of hydrogen-bond acceptors (Lipinski definition) is 4. The Hall–Kier alpha value is -1.96. The zero-order valence-electron chi connectivity index (χ0n) is 12.4. The molecule has 8 heteroatoms. The molecule has 2 fully saturated rings. The van der Waals surface area contributed by atoms with Crippen LogP contribution >= 0.6 is 0 Å². The van der Waals surface area contributed by atoms with Crippen molar-refractivity contribution in [2.75, 3.05) is 23.0 Å². The molecule has 124 valence electrons. The van der Waals surface area contributed by atoms with Gasteiger partial charge in [-0.15, -0.1) is 0 Å². The summed E-state index contributed by atoms with van der Waals surface area (Å²) in [5.74, 6) is -1.75. The number of hydrogen-bond donors (Lipinski definition) is 1. The van der Waals surface area contributed by atoms with Gasteiger partial charge in [-0.2, -0.15) is 0 Å². The van der Waals surface area contributed by atoms with Crippen LogP contribution < -0.4 is 10.2 Å². The van der Waals surface area contributed by atoms with Crippen LogP contribution in [0.3, 0.4) is 0 Å². The minimum atomic E-state index is -3.08. The molecular formula is C15H17FN2O4S. The first-order valence-electron chi connectivity index (χ1n) is 7.41. The molecule has 2 heterocycles. The van der Waals surface area contributed by atoms with E-state index in [4.69, 9.17) is 0 Å². The third-order valence-corrected chi connectivity index (χ3v) is 5.99. The fourth-order valence-electron chi connectivity index (χ4n) is 3.01. The highest BCUT2D eigenvalue weighted by molar-refractivity contribution is 7.91. The lowest BCUT2D eigenvalue weighted by Gasteiger charge is -2.18. The molecule has 3 rings (SSSR count). The van der Waals surface area contributed by atoms with Crippen molar-refractivity contribution in [3.8, 4) is 0 Å². The van der Waals surface area contributed by atoms with Gasteiger partial charge in [0.25, 0.3) is 0 Å². The van der Waals surface area contributed by atoms with E-state index >= 15 is 0 Å². The highest BCUT2D eigenvalue weighted by Crippen LogP contribution is 2.27. The molecule has 1 aromatic rings.